The van der Waals surface area contributed by atoms with Crippen molar-refractivity contribution in [3.8, 4) is 0 Å². The third-order valence-electron chi connectivity index (χ3n) is 3.82. The standard InChI is InChI=1S/C15H22N2O2/c1-3-4-12-5-7-17(8-6-12)14-10-13(15(18)19)9-11(2)16-14/h9-10,12H,3-8H2,1-2H3,(H,18,19). The lowest BCUT2D eigenvalue weighted by Gasteiger charge is -2.33. The molecule has 0 aromatic carbocycles. The van der Waals surface area contributed by atoms with Crippen molar-refractivity contribution in [2.75, 3.05) is 18.0 Å². The Hall–Kier alpha value is -1.58. The molecule has 1 aromatic rings. The second-order valence-corrected chi connectivity index (χ2v) is 5.38. The summed E-state index contributed by atoms with van der Waals surface area (Å²) >= 11 is 0. The maximum Gasteiger partial charge on any atom is 0.335 e. The summed E-state index contributed by atoms with van der Waals surface area (Å²) in [6, 6.07) is 3.31. The molecule has 1 fully saturated rings. The van der Waals surface area contributed by atoms with E-state index in [9.17, 15) is 4.79 Å². The van der Waals surface area contributed by atoms with Crippen LogP contribution in [0.25, 0.3) is 0 Å². The van der Waals surface area contributed by atoms with Crippen LogP contribution in [0.5, 0.6) is 0 Å². The van der Waals surface area contributed by atoms with E-state index in [1.165, 1.54) is 25.7 Å². The average molecular weight is 262 g/mol. The normalized spacial score (nSPS) is 16.6. The van der Waals surface area contributed by atoms with Crippen molar-refractivity contribution >= 4 is 11.8 Å². The predicted octanol–water partition coefficient (Wildman–Crippen LogP) is 3.10. The van der Waals surface area contributed by atoms with Crippen LogP contribution in [0, 0.1) is 12.8 Å². The first kappa shape index (κ1) is 13.8. The highest BCUT2D eigenvalue weighted by Crippen LogP contribution is 2.25. The first-order chi connectivity index (χ1) is 9.10. The topological polar surface area (TPSA) is 53.4 Å². The summed E-state index contributed by atoms with van der Waals surface area (Å²) in [4.78, 5) is 17.8. The van der Waals surface area contributed by atoms with E-state index in [0.717, 1.165) is 30.5 Å². The van der Waals surface area contributed by atoms with Gasteiger partial charge in [0.25, 0.3) is 0 Å². The van der Waals surface area contributed by atoms with Crippen molar-refractivity contribution in [2.24, 2.45) is 5.92 Å². The van der Waals surface area contributed by atoms with E-state index in [-0.39, 0.29) is 0 Å². The van der Waals surface area contributed by atoms with Gasteiger partial charge in [0.15, 0.2) is 0 Å². The predicted molar refractivity (Wildman–Crippen MR) is 75.8 cm³/mol. The summed E-state index contributed by atoms with van der Waals surface area (Å²) in [5, 5.41) is 9.10. The van der Waals surface area contributed by atoms with Gasteiger partial charge in [0.2, 0.25) is 0 Å². The van der Waals surface area contributed by atoms with Crippen LogP contribution in [0.2, 0.25) is 0 Å². The fraction of sp³-hybridized carbons (Fsp3) is 0.600. The van der Waals surface area contributed by atoms with E-state index in [1.807, 2.05) is 6.92 Å². The van der Waals surface area contributed by atoms with Gasteiger partial charge in [0.05, 0.1) is 5.56 Å². The molecule has 0 saturated carbocycles. The Balaban J connectivity index is 2.09. The lowest BCUT2D eigenvalue weighted by atomic mass is 9.92. The van der Waals surface area contributed by atoms with Gasteiger partial charge >= 0.3 is 5.97 Å². The van der Waals surface area contributed by atoms with Crippen molar-refractivity contribution in [3.05, 3.63) is 23.4 Å². The third-order valence-corrected chi connectivity index (χ3v) is 3.82. The van der Waals surface area contributed by atoms with Crippen LogP contribution < -0.4 is 4.90 Å². The fourth-order valence-corrected chi connectivity index (χ4v) is 2.80. The largest absolute Gasteiger partial charge is 0.478 e. The molecule has 1 saturated heterocycles. The van der Waals surface area contributed by atoms with Crippen molar-refractivity contribution in [1.82, 2.24) is 4.98 Å². The van der Waals surface area contributed by atoms with Gasteiger partial charge in [-0.1, -0.05) is 19.8 Å². The Bertz CT molecular complexity index is 451. The SMILES string of the molecule is CCCC1CCN(c2cc(C(=O)O)cc(C)n2)CC1. The van der Waals surface area contributed by atoms with Gasteiger partial charge in [-0.05, 0) is 37.8 Å². The quantitative estimate of drug-likeness (QED) is 0.906. The molecule has 4 nitrogen and oxygen atoms in total. The number of rotatable bonds is 4. The second kappa shape index (κ2) is 6.04. The molecule has 0 spiro atoms. The van der Waals surface area contributed by atoms with Gasteiger partial charge in [0, 0.05) is 18.8 Å². The van der Waals surface area contributed by atoms with Crippen LogP contribution in [0.1, 0.15) is 48.7 Å². The molecule has 0 aliphatic carbocycles. The molecule has 104 valence electrons. The molecule has 1 aromatic heterocycles. The minimum atomic E-state index is -0.882. The number of aromatic carboxylic acids is 1. The highest BCUT2D eigenvalue weighted by atomic mass is 16.4. The first-order valence-electron chi connectivity index (χ1n) is 7.07. The van der Waals surface area contributed by atoms with Crippen LogP contribution in [0.4, 0.5) is 5.82 Å². The molecule has 2 rings (SSSR count). The molecule has 1 aliphatic heterocycles. The van der Waals surface area contributed by atoms with Gasteiger partial charge in [-0.15, -0.1) is 0 Å². The molecule has 0 bridgehead atoms. The number of hydrogen-bond donors (Lipinski definition) is 1. The Kier molecular flexibility index (Phi) is 4.40. The number of carbonyl (C=O) groups is 1. The number of carboxylic acids is 1. The van der Waals surface area contributed by atoms with Crippen LogP contribution in [-0.2, 0) is 0 Å². The maximum atomic E-state index is 11.1. The van der Waals surface area contributed by atoms with E-state index in [0.29, 0.717) is 5.56 Å². The smallest absolute Gasteiger partial charge is 0.335 e. The maximum absolute atomic E-state index is 11.1. The molecule has 19 heavy (non-hydrogen) atoms. The Morgan fingerprint density at radius 2 is 2.11 bits per heavy atom. The molecule has 1 aliphatic rings. The van der Waals surface area contributed by atoms with Gasteiger partial charge in [-0.3, -0.25) is 0 Å². The van der Waals surface area contributed by atoms with E-state index in [1.54, 1.807) is 12.1 Å². The third kappa shape index (κ3) is 3.46. The molecule has 0 unspecified atom stereocenters. The lowest BCUT2D eigenvalue weighted by Crippen LogP contribution is -2.34. The number of carboxylic acid groups (broad SMARTS) is 1. The van der Waals surface area contributed by atoms with Crippen molar-refractivity contribution in [1.29, 1.82) is 0 Å². The van der Waals surface area contributed by atoms with E-state index < -0.39 is 5.97 Å². The van der Waals surface area contributed by atoms with Gasteiger partial charge in [0.1, 0.15) is 5.82 Å². The van der Waals surface area contributed by atoms with Gasteiger partial charge in [-0.25, -0.2) is 9.78 Å². The zero-order valence-electron chi connectivity index (χ0n) is 11.7. The van der Waals surface area contributed by atoms with Crippen LogP contribution in [0.15, 0.2) is 12.1 Å². The molecule has 2 heterocycles. The van der Waals surface area contributed by atoms with Gasteiger partial charge < -0.3 is 10.0 Å². The summed E-state index contributed by atoms with van der Waals surface area (Å²) < 4.78 is 0. The van der Waals surface area contributed by atoms with Crippen LogP contribution >= 0.6 is 0 Å². The number of aromatic nitrogens is 1. The Morgan fingerprint density at radius 1 is 1.42 bits per heavy atom. The number of pyridine rings is 1. The highest BCUT2D eigenvalue weighted by Gasteiger charge is 2.20. The number of nitrogens with zero attached hydrogens (tertiary/aromatic N) is 2. The summed E-state index contributed by atoms with van der Waals surface area (Å²) in [5.74, 6) is 0.755. The lowest BCUT2D eigenvalue weighted by molar-refractivity contribution is 0.0696. The van der Waals surface area contributed by atoms with Crippen molar-refractivity contribution in [3.63, 3.8) is 0 Å². The molecule has 0 atom stereocenters. The van der Waals surface area contributed by atoms with Crippen molar-refractivity contribution in [2.45, 2.75) is 39.5 Å². The second-order valence-electron chi connectivity index (χ2n) is 5.38. The van der Waals surface area contributed by atoms with Crippen LogP contribution in [-0.4, -0.2) is 29.1 Å². The number of piperidine rings is 1. The van der Waals surface area contributed by atoms with Gasteiger partial charge in [-0.2, -0.15) is 0 Å². The Labute approximate surface area is 114 Å². The summed E-state index contributed by atoms with van der Waals surface area (Å²) in [6.07, 6.45) is 4.92. The van der Waals surface area contributed by atoms with Crippen LogP contribution in [0.3, 0.4) is 0 Å². The van der Waals surface area contributed by atoms with E-state index in [2.05, 4.69) is 16.8 Å². The number of aryl methyl sites for hydroxylation is 1. The zero-order valence-corrected chi connectivity index (χ0v) is 11.7. The molecule has 0 amide bonds. The summed E-state index contributed by atoms with van der Waals surface area (Å²) in [6.45, 7) is 6.05. The van der Waals surface area contributed by atoms with E-state index >= 15 is 0 Å². The Morgan fingerprint density at radius 3 is 2.68 bits per heavy atom. The number of anilines is 1. The molecule has 4 heteroatoms. The van der Waals surface area contributed by atoms with Crippen molar-refractivity contribution < 1.29 is 9.90 Å². The van der Waals surface area contributed by atoms with E-state index in [4.69, 9.17) is 5.11 Å². The molecule has 1 N–H and O–H groups in total. The average Bonchev–Trinajstić information content (AvgIpc) is 2.39. The number of hydrogen-bond acceptors (Lipinski definition) is 3. The first-order valence-corrected chi connectivity index (χ1v) is 7.07. The molecular weight excluding hydrogens is 240 g/mol. The monoisotopic (exact) mass is 262 g/mol. The zero-order chi connectivity index (χ0) is 13.8. The molecular formula is C15H22N2O2. The molecule has 0 radical (unpaired) electrons. The summed E-state index contributed by atoms with van der Waals surface area (Å²) in [7, 11) is 0. The highest BCUT2D eigenvalue weighted by molar-refractivity contribution is 5.88. The summed E-state index contributed by atoms with van der Waals surface area (Å²) in [5.41, 5.74) is 1.10. The minimum absolute atomic E-state index is 0.332. The fourth-order valence-electron chi connectivity index (χ4n) is 2.80. The minimum Gasteiger partial charge on any atom is -0.478 e.